The predicted octanol–water partition coefficient (Wildman–Crippen LogP) is 0.609. The van der Waals surface area contributed by atoms with Crippen molar-refractivity contribution in [2.24, 2.45) is 5.92 Å². The van der Waals surface area contributed by atoms with Crippen LogP contribution in [0, 0.1) is 5.92 Å². The molecule has 0 aromatic heterocycles. The first-order valence-electron chi connectivity index (χ1n) is 6.44. The first-order chi connectivity index (χ1) is 8.15. The smallest absolute Gasteiger partial charge is 0.237 e. The van der Waals surface area contributed by atoms with Gasteiger partial charge in [0.25, 0.3) is 0 Å². The van der Waals surface area contributed by atoms with Crippen molar-refractivity contribution in [2.45, 2.75) is 25.8 Å². The van der Waals surface area contributed by atoms with Crippen LogP contribution >= 0.6 is 0 Å². The quantitative estimate of drug-likeness (QED) is 0.668. The van der Waals surface area contributed by atoms with Crippen LogP contribution in [0.1, 0.15) is 19.8 Å². The molecule has 0 aromatic carbocycles. The van der Waals surface area contributed by atoms with Gasteiger partial charge in [-0.25, -0.2) is 0 Å². The summed E-state index contributed by atoms with van der Waals surface area (Å²) in [6, 6.07) is -0.0650. The Kier molecular flexibility index (Phi) is 6.22. The fraction of sp³-hybridized carbons (Fsp3) is 0.769. The van der Waals surface area contributed by atoms with Crippen LogP contribution < -0.4 is 10.6 Å². The maximum Gasteiger partial charge on any atom is 0.237 e. The summed E-state index contributed by atoms with van der Waals surface area (Å²) in [6.45, 7) is 9.32. The van der Waals surface area contributed by atoms with Gasteiger partial charge in [-0.2, -0.15) is 0 Å². The van der Waals surface area contributed by atoms with E-state index in [0.29, 0.717) is 6.54 Å². The van der Waals surface area contributed by atoms with Crippen LogP contribution in [0.2, 0.25) is 0 Å². The molecule has 2 N–H and O–H groups in total. The third kappa shape index (κ3) is 4.88. The monoisotopic (exact) mass is 239 g/mol. The number of likely N-dealkylation sites (N-methyl/N-ethyl adjacent to an activating group) is 1. The number of hydrogen-bond donors (Lipinski definition) is 2. The van der Waals surface area contributed by atoms with Gasteiger partial charge in [-0.05, 0) is 45.8 Å². The number of nitrogens with one attached hydrogen (secondary N) is 2. The molecular formula is C13H25N3O. The third-order valence-electron chi connectivity index (χ3n) is 3.47. The van der Waals surface area contributed by atoms with E-state index in [1.165, 1.54) is 12.8 Å². The molecule has 4 heteroatoms. The standard InChI is InChI=1S/C13H25N3O/c1-4-7-15-13(17)11(2)16(3)10-12-5-8-14-9-6-12/h4,11-12,14H,1,5-10H2,2-3H3,(H,15,17). The van der Waals surface area contributed by atoms with Crippen molar-refractivity contribution >= 4 is 5.91 Å². The Morgan fingerprint density at radius 1 is 1.59 bits per heavy atom. The molecule has 1 aliphatic rings. The van der Waals surface area contributed by atoms with E-state index in [4.69, 9.17) is 0 Å². The maximum absolute atomic E-state index is 11.8. The summed E-state index contributed by atoms with van der Waals surface area (Å²) in [4.78, 5) is 13.9. The van der Waals surface area contributed by atoms with Crippen LogP contribution in [0.3, 0.4) is 0 Å². The predicted molar refractivity (Wildman–Crippen MR) is 70.9 cm³/mol. The zero-order valence-corrected chi connectivity index (χ0v) is 11.0. The average Bonchev–Trinajstić information content (AvgIpc) is 2.36. The SMILES string of the molecule is C=CCNC(=O)C(C)N(C)CC1CCNCC1. The molecule has 98 valence electrons. The van der Waals surface area contributed by atoms with E-state index in [1.54, 1.807) is 6.08 Å². The van der Waals surface area contributed by atoms with Crippen LogP contribution in [0.25, 0.3) is 0 Å². The molecule has 0 bridgehead atoms. The van der Waals surface area contributed by atoms with Crippen molar-refractivity contribution in [1.82, 2.24) is 15.5 Å². The molecule has 1 atom stereocenters. The number of carbonyl (C=O) groups excluding carboxylic acids is 1. The molecule has 0 radical (unpaired) electrons. The van der Waals surface area contributed by atoms with E-state index in [9.17, 15) is 4.79 Å². The molecule has 0 spiro atoms. The fourth-order valence-corrected chi connectivity index (χ4v) is 2.15. The molecule has 1 rings (SSSR count). The highest BCUT2D eigenvalue weighted by molar-refractivity contribution is 5.81. The molecule has 1 heterocycles. The van der Waals surface area contributed by atoms with Gasteiger partial charge >= 0.3 is 0 Å². The van der Waals surface area contributed by atoms with Gasteiger partial charge in [-0.15, -0.1) is 6.58 Å². The topological polar surface area (TPSA) is 44.4 Å². The summed E-state index contributed by atoms with van der Waals surface area (Å²) in [6.07, 6.45) is 4.13. The van der Waals surface area contributed by atoms with Crippen molar-refractivity contribution in [3.8, 4) is 0 Å². The highest BCUT2D eigenvalue weighted by Crippen LogP contribution is 2.13. The first-order valence-corrected chi connectivity index (χ1v) is 6.44. The second-order valence-corrected chi connectivity index (χ2v) is 4.84. The van der Waals surface area contributed by atoms with Gasteiger partial charge in [0.2, 0.25) is 5.91 Å². The van der Waals surface area contributed by atoms with Crippen molar-refractivity contribution in [2.75, 3.05) is 33.2 Å². The van der Waals surface area contributed by atoms with Gasteiger partial charge < -0.3 is 10.6 Å². The number of hydrogen-bond acceptors (Lipinski definition) is 3. The molecule has 1 aliphatic heterocycles. The van der Waals surface area contributed by atoms with E-state index < -0.39 is 0 Å². The molecule has 1 saturated heterocycles. The van der Waals surface area contributed by atoms with Crippen LogP contribution in [0.15, 0.2) is 12.7 Å². The van der Waals surface area contributed by atoms with E-state index in [-0.39, 0.29) is 11.9 Å². The summed E-state index contributed by atoms with van der Waals surface area (Å²) >= 11 is 0. The second kappa shape index (κ2) is 7.45. The number of rotatable bonds is 6. The lowest BCUT2D eigenvalue weighted by molar-refractivity contribution is -0.125. The minimum atomic E-state index is -0.0650. The van der Waals surface area contributed by atoms with Crippen LogP contribution in [-0.2, 0) is 4.79 Å². The Bertz CT molecular complexity index is 249. The Hall–Kier alpha value is -0.870. The Morgan fingerprint density at radius 3 is 2.82 bits per heavy atom. The lowest BCUT2D eigenvalue weighted by Crippen LogP contribution is -2.46. The van der Waals surface area contributed by atoms with Crippen molar-refractivity contribution in [1.29, 1.82) is 0 Å². The lowest BCUT2D eigenvalue weighted by Gasteiger charge is -2.30. The molecule has 1 unspecified atom stereocenters. The summed E-state index contributed by atoms with van der Waals surface area (Å²) in [7, 11) is 2.03. The van der Waals surface area contributed by atoms with Gasteiger partial charge in [0, 0.05) is 13.1 Å². The van der Waals surface area contributed by atoms with E-state index in [2.05, 4.69) is 22.1 Å². The summed E-state index contributed by atoms with van der Waals surface area (Å²) < 4.78 is 0. The van der Waals surface area contributed by atoms with Crippen molar-refractivity contribution < 1.29 is 4.79 Å². The van der Waals surface area contributed by atoms with Gasteiger partial charge in [-0.3, -0.25) is 9.69 Å². The zero-order chi connectivity index (χ0) is 12.7. The number of amides is 1. The summed E-state index contributed by atoms with van der Waals surface area (Å²) in [5, 5.41) is 6.20. The van der Waals surface area contributed by atoms with Crippen LogP contribution in [-0.4, -0.2) is 50.1 Å². The number of nitrogens with zero attached hydrogens (tertiary/aromatic N) is 1. The fourth-order valence-electron chi connectivity index (χ4n) is 2.15. The van der Waals surface area contributed by atoms with Crippen LogP contribution in [0.5, 0.6) is 0 Å². The normalized spacial score (nSPS) is 19.0. The summed E-state index contributed by atoms with van der Waals surface area (Å²) in [5.41, 5.74) is 0. The molecular weight excluding hydrogens is 214 g/mol. The van der Waals surface area contributed by atoms with E-state index in [1.807, 2.05) is 14.0 Å². The Labute approximate surface area is 104 Å². The third-order valence-corrected chi connectivity index (χ3v) is 3.47. The van der Waals surface area contributed by atoms with Crippen molar-refractivity contribution in [3.05, 3.63) is 12.7 Å². The van der Waals surface area contributed by atoms with Crippen LogP contribution in [0.4, 0.5) is 0 Å². The minimum absolute atomic E-state index is 0.0650. The van der Waals surface area contributed by atoms with Gasteiger partial charge in [0.15, 0.2) is 0 Å². The van der Waals surface area contributed by atoms with Gasteiger partial charge in [0.1, 0.15) is 0 Å². The highest BCUT2D eigenvalue weighted by Gasteiger charge is 2.21. The molecule has 1 amide bonds. The van der Waals surface area contributed by atoms with Gasteiger partial charge in [-0.1, -0.05) is 6.08 Å². The Morgan fingerprint density at radius 2 is 2.24 bits per heavy atom. The molecule has 1 fully saturated rings. The minimum Gasteiger partial charge on any atom is -0.351 e. The number of piperidine rings is 1. The molecule has 17 heavy (non-hydrogen) atoms. The summed E-state index contributed by atoms with van der Waals surface area (Å²) in [5.74, 6) is 0.803. The highest BCUT2D eigenvalue weighted by atomic mass is 16.2. The number of carbonyl (C=O) groups is 1. The molecule has 0 aliphatic carbocycles. The van der Waals surface area contributed by atoms with Crippen molar-refractivity contribution in [3.63, 3.8) is 0 Å². The zero-order valence-electron chi connectivity index (χ0n) is 11.0. The molecule has 0 aromatic rings. The first kappa shape index (κ1) is 14.2. The largest absolute Gasteiger partial charge is 0.351 e. The second-order valence-electron chi connectivity index (χ2n) is 4.84. The molecule has 0 saturated carbocycles. The van der Waals surface area contributed by atoms with E-state index >= 15 is 0 Å². The molecule has 4 nitrogen and oxygen atoms in total. The van der Waals surface area contributed by atoms with Gasteiger partial charge in [0.05, 0.1) is 6.04 Å². The maximum atomic E-state index is 11.8. The Balaban J connectivity index is 2.31. The van der Waals surface area contributed by atoms with E-state index in [0.717, 1.165) is 25.6 Å². The lowest BCUT2D eigenvalue weighted by atomic mass is 9.97. The average molecular weight is 239 g/mol.